The molecule has 1 aromatic rings. The van der Waals surface area contributed by atoms with E-state index in [1.165, 1.54) is 0 Å². The Balaban J connectivity index is 2.22. The Bertz CT molecular complexity index is 436. The first-order valence-electron chi connectivity index (χ1n) is 7.02. The molecule has 0 aromatic heterocycles. The number of hydrogen-bond acceptors (Lipinski definition) is 3. The van der Waals surface area contributed by atoms with Crippen molar-refractivity contribution in [2.75, 3.05) is 13.1 Å². The van der Waals surface area contributed by atoms with Gasteiger partial charge in [-0.05, 0) is 18.9 Å². The number of morpholine rings is 1. The van der Waals surface area contributed by atoms with Gasteiger partial charge in [-0.15, -0.1) is 0 Å². The van der Waals surface area contributed by atoms with Crippen molar-refractivity contribution in [2.45, 2.75) is 45.0 Å². The summed E-state index contributed by atoms with van der Waals surface area (Å²) in [6, 6.07) is 6.83. The van der Waals surface area contributed by atoms with Crippen molar-refractivity contribution in [3.63, 3.8) is 0 Å². The molecule has 2 rings (SSSR count). The zero-order valence-corrected chi connectivity index (χ0v) is 11.9. The molecule has 1 aliphatic heterocycles. The largest absolute Gasteiger partial charge is 0.434 e. The molecule has 1 heterocycles. The predicted molar refractivity (Wildman–Crippen MR) is 73.1 cm³/mol. The quantitative estimate of drug-likeness (QED) is 0.898. The van der Waals surface area contributed by atoms with Crippen LogP contribution in [0.4, 0.5) is 8.78 Å². The summed E-state index contributed by atoms with van der Waals surface area (Å²) in [5, 5.41) is 3.34. The van der Waals surface area contributed by atoms with Gasteiger partial charge < -0.3 is 14.8 Å². The number of alkyl halides is 2. The summed E-state index contributed by atoms with van der Waals surface area (Å²) in [5.41, 5.74) is 0.437. The van der Waals surface area contributed by atoms with E-state index in [0.29, 0.717) is 12.1 Å². The molecule has 0 saturated carbocycles. The van der Waals surface area contributed by atoms with Crippen LogP contribution in [-0.2, 0) is 4.74 Å². The maximum absolute atomic E-state index is 12.5. The summed E-state index contributed by atoms with van der Waals surface area (Å²) in [6.45, 7) is 2.72. The van der Waals surface area contributed by atoms with Crippen LogP contribution in [0.2, 0.25) is 0 Å². The van der Waals surface area contributed by atoms with Crippen LogP contribution in [0, 0.1) is 0 Å². The van der Waals surface area contributed by atoms with E-state index in [2.05, 4.69) is 23.9 Å². The minimum absolute atomic E-state index is 0.192. The third-order valence-corrected chi connectivity index (χ3v) is 3.94. The molecule has 1 aliphatic rings. The van der Waals surface area contributed by atoms with Crippen LogP contribution in [0.5, 0.6) is 5.75 Å². The van der Waals surface area contributed by atoms with Crippen molar-refractivity contribution in [3.05, 3.63) is 29.8 Å². The van der Waals surface area contributed by atoms with Crippen molar-refractivity contribution in [1.82, 2.24) is 5.32 Å². The Hall–Kier alpha value is -1.20. The first-order chi connectivity index (χ1) is 9.60. The summed E-state index contributed by atoms with van der Waals surface area (Å²) in [5.74, 6) is 0.192. The van der Waals surface area contributed by atoms with Gasteiger partial charge in [0.15, 0.2) is 0 Å². The monoisotopic (exact) mass is 285 g/mol. The van der Waals surface area contributed by atoms with Crippen LogP contribution in [0.15, 0.2) is 24.3 Å². The molecule has 20 heavy (non-hydrogen) atoms. The maximum Gasteiger partial charge on any atom is 0.387 e. The van der Waals surface area contributed by atoms with Gasteiger partial charge in [0.05, 0.1) is 11.7 Å². The van der Waals surface area contributed by atoms with Gasteiger partial charge in [-0.3, -0.25) is 0 Å². The Labute approximate surface area is 118 Å². The van der Waals surface area contributed by atoms with Gasteiger partial charge in [-0.1, -0.05) is 32.0 Å². The predicted octanol–water partition coefficient (Wildman–Crippen LogP) is 3.51. The summed E-state index contributed by atoms with van der Waals surface area (Å²) in [4.78, 5) is 0. The van der Waals surface area contributed by atoms with Gasteiger partial charge in [0.1, 0.15) is 5.75 Å². The number of para-hydroxylation sites is 1. The zero-order chi connectivity index (χ0) is 14.6. The van der Waals surface area contributed by atoms with E-state index in [4.69, 9.17) is 4.74 Å². The molecular weight excluding hydrogens is 264 g/mol. The lowest BCUT2D eigenvalue weighted by Gasteiger charge is -2.41. The number of hydrogen-bond donors (Lipinski definition) is 1. The van der Waals surface area contributed by atoms with Crippen LogP contribution in [-0.4, -0.2) is 25.3 Å². The molecule has 5 heteroatoms. The second-order valence-electron chi connectivity index (χ2n) is 5.04. The van der Waals surface area contributed by atoms with Crippen LogP contribution in [0.25, 0.3) is 0 Å². The van der Waals surface area contributed by atoms with E-state index < -0.39 is 6.61 Å². The first-order valence-corrected chi connectivity index (χ1v) is 7.02. The molecule has 3 nitrogen and oxygen atoms in total. The maximum atomic E-state index is 12.5. The summed E-state index contributed by atoms with van der Waals surface area (Å²) < 4.78 is 35.7. The van der Waals surface area contributed by atoms with Gasteiger partial charge in [0, 0.05) is 18.7 Å². The first kappa shape index (κ1) is 15.2. The molecule has 1 aromatic carbocycles. The van der Waals surface area contributed by atoms with Gasteiger partial charge in [-0.25, -0.2) is 0 Å². The van der Waals surface area contributed by atoms with E-state index in [1.807, 2.05) is 6.07 Å². The Morgan fingerprint density at radius 1 is 1.35 bits per heavy atom. The smallest absolute Gasteiger partial charge is 0.387 e. The fourth-order valence-electron chi connectivity index (χ4n) is 2.61. The third kappa shape index (κ3) is 3.27. The van der Waals surface area contributed by atoms with Crippen molar-refractivity contribution in [3.8, 4) is 5.75 Å². The molecule has 112 valence electrons. The summed E-state index contributed by atoms with van der Waals surface area (Å²) in [6.07, 6.45) is 1.49. The topological polar surface area (TPSA) is 30.5 Å². The molecule has 0 radical (unpaired) electrons. The highest BCUT2D eigenvalue weighted by atomic mass is 19.3. The highest BCUT2D eigenvalue weighted by Crippen LogP contribution is 2.36. The molecule has 1 atom stereocenters. The second kappa shape index (κ2) is 6.50. The molecule has 0 amide bonds. The normalized spacial score (nSPS) is 21.9. The molecule has 1 fully saturated rings. The van der Waals surface area contributed by atoms with E-state index in [-0.39, 0.29) is 17.5 Å². The highest BCUT2D eigenvalue weighted by molar-refractivity contribution is 5.35. The van der Waals surface area contributed by atoms with E-state index >= 15 is 0 Å². The van der Waals surface area contributed by atoms with Crippen LogP contribution in [0.1, 0.15) is 38.4 Å². The Kier molecular flexibility index (Phi) is 4.94. The van der Waals surface area contributed by atoms with Gasteiger partial charge in [0.25, 0.3) is 0 Å². The molecule has 1 N–H and O–H groups in total. The van der Waals surface area contributed by atoms with E-state index in [1.54, 1.807) is 18.2 Å². The fraction of sp³-hybridized carbons (Fsp3) is 0.600. The number of rotatable bonds is 5. The van der Waals surface area contributed by atoms with Gasteiger partial charge in [0.2, 0.25) is 0 Å². The molecule has 0 spiro atoms. The number of nitrogens with one attached hydrogen (secondary N) is 1. The standard InChI is InChI=1S/C15H21F2NO2/c1-3-15(4-2)10-18-9-13(20-15)11-7-5-6-8-12(11)19-14(16)17/h5-8,13-14,18H,3-4,9-10H2,1-2H3. The van der Waals surface area contributed by atoms with Crippen LogP contribution < -0.4 is 10.1 Å². The number of ether oxygens (including phenoxy) is 2. The highest BCUT2D eigenvalue weighted by Gasteiger charge is 2.35. The average Bonchev–Trinajstić information content (AvgIpc) is 2.47. The summed E-state index contributed by atoms with van der Waals surface area (Å²) in [7, 11) is 0. The van der Waals surface area contributed by atoms with Crippen LogP contribution >= 0.6 is 0 Å². The minimum Gasteiger partial charge on any atom is -0.434 e. The van der Waals surface area contributed by atoms with Crippen LogP contribution in [0.3, 0.4) is 0 Å². The SMILES string of the molecule is CCC1(CC)CNCC(c2ccccc2OC(F)F)O1. The minimum atomic E-state index is -2.82. The molecule has 1 saturated heterocycles. The van der Waals surface area contributed by atoms with Crippen molar-refractivity contribution in [2.24, 2.45) is 0 Å². The summed E-state index contributed by atoms with van der Waals surface area (Å²) >= 11 is 0. The lowest BCUT2D eigenvalue weighted by molar-refractivity contribution is -0.124. The lowest BCUT2D eigenvalue weighted by atomic mass is 9.93. The number of benzene rings is 1. The van der Waals surface area contributed by atoms with E-state index in [0.717, 1.165) is 19.4 Å². The average molecular weight is 285 g/mol. The lowest BCUT2D eigenvalue weighted by Crippen LogP contribution is -2.50. The van der Waals surface area contributed by atoms with Crippen molar-refractivity contribution < 1.29 is 18.3 Å². The zero-order valence-electron chi connectivity index (χ0n) is 11.9. The van der Waals surface area contributed by atoms with Gasteiger partial charge in [-0.2, -0.15) is 8.78 Å². The van der Waals surface area contributed by atoms with Gasteiger partial charge >= 0.3 is 6.61 Å². The Morgan fingerprint density at radius 2 is 2.05 bits per heavy atom. The number of halogens is 2. The second-order valence-corrected chi connectivity index (χ2v) is 5.04. The Morgan fingerprint density at radius 3 is 2.70 bits per heavy atom. The molecule has 1 unspecified atom stereocenters. The van der Waals surface area contributed by atoms with Crippen molar-refractivity contribution >= 4 is 0 Å². The third-order valence-electron chi connectivity index (χ3n) is 3.94. The molecule has 0 bridgehead atoms. The fourth-order valence-corrected chi connectivity index (χ4v) is 2.61. The van der Waals surface area contributed by atoms with E-state index in [9.17, 15) is 8.78 Å². The molecule has 0 aliphatic carbocycles. The molecular formula is C15H21F2NO2. The van der Waals surface area contributed by atoms with Crippen molar-refractivity contribution in [1.29, 1.82) is 0 Å².